The fraction of sp³-hybridized carbons (Fsp3) is 0.0353. The third-order valence-corrected chi connectivity index (χ3v) is 17.9. The van der Waals surface area contributed by atoms with E-state index in [1.807, 2.05) is 181 Å². The molecule has 0 aliphatic heterocycles. The molecule has 98 heavy (non-hydrogen) atoms. The lowest BCUT2D eigenvalue weighted by Gasteiger charge is -2.13. The van der Waals surface area contributed by atoms with Crippen LogP contribution in [-0.4, -0.2) is 43.6 Å². The maximum Gasteiger partial charge on any atom is 0.416 e. The first-order valence-corrected chi connectivity index (χ1v) is 32.5. The van der Waals surface area contributed by atoms with Gasteiger partial charge in [0.15, 0.2) is 34.9 Å². The number of rotatable bonds is 9. The van der Waals surface area contributed by atoms with Crippen molar-refractivity contribution in [1.29, 1.82) is 0 Å². The molecular weight excluding hydrogens is 1240 g/mol. The Morgan fingerprint density at radius 1 is 0.347 bits per heavy atom. The van der Waals surface area contributed by atoms with Crippen LogP contribution in [0.2, 0.25) is 5.02 Å². The van der Waals surface area contributed by atoms with E-state index in [1.165, 1.54) is 61.6 Å². The molecule has 13 heteroatoms. The molecule has 1 aliphatic rings. The summed E-state index contributed by atoms with van der Waals surface area (Å²) in [4.78, 5) is 28.9. The summed E-state index contributed by atoms with van der Waals surface area (Å²) in [6.07, 6.45) is 0.477. The van der Waals surface area contributed by atoms with Crippen LogP contribution in [0.5, 0.6) is 0 Å². The number of fused-ring (bicyclic) bond motifs is 10. The summed E-state index contributed by atoms with van der Waals surface area (Å²) < 4.78 is 45.9. The summed E-state index contributed by atoms with van der Waals surface area (Å²) in [6.45, 7) is 2.14. The first kappa shape index (κ1) is 60.6. The maximum atomic E-state index is 13.1. The smallest absolute Gasteiger partial charge is 0.316 e. The molecule has 0 radical (unpaired) electrons. The van der Waals surface area contributed by atoms with Gasteiger partial charge in [-0.3, -0.25) is 0 Å². The van der Waals surface area contributed by atoms with Gasteiger partial charge in [0.1, 0.15) is 0 Å². The number of aromatic nitrogens is 9. The van der Waals surface area contributed by atoms with Crippen LogP contribution in [0.25, 0.3) is 140 Å². The van der Waals surface area contributed by atoms with Gasteiger partial charge >= 0.3 is 6.18 Å². The molecule has 0 unspecified atom stereocenters. The van der Waals surface area contributed by atoms with Gasteiger partial charge in [0.2, 0.25) is 0 Å². The zero-order valence-electron chi connectivity index (χ0n) is 52.8. The monoisotopic (exact) mass is 1300 g/mol. The maximum absolute atomic E-state index is 13.1. The van der Waals surface area contributed by atoms with E-state index < -0.39 is 11.7 Å². The highest BCUT2D eigenvalue weighted by atomic mass is 35.5. The van der Waals surface area contributed by atoms with Crippen molar-refractivity contribution in [1.82, 2.24) is 43.6 Å². The van der Waals surface area contributed by atoms with Gasteiger partial charge < -0.3 is 13.7 Å². The number of para-hydroxylation sites is 1. The molecule has 0 saturated carbocycles. The number of halogens is 4. The Balaban J connectivity index is 0.000000125. The number of hydrogen-bond acceptors (Lipinski definition) is 6. The second-order valence-corrected chi connectivity index (χ2v) is 24.4. The molecular formula is C85H57ClF3N9. The summed E-state index contributed by atoms with van der Waals surface area (Å²) in [5.41, 5.74) is 18.2. The highest BCUT2D eigenvalue weighted by Gasteiger charge is 2.31. The van der Waals surface area contributed by atoms with Crippen molar-refractivity contribution >= 4 is 55.2 Å². The summed E-state index contributed by atoms with van der Waals surface area (Å²) in [5, 5.41) is 5.31. The zero-order valence-corrected chi connectivity index (χ0v) is 53.5. The molecule has 12 aromatic carbocycles. The largest absolute Gasteiger partial charge is 0.416 e. The van der Waals surface area contributed by atoms with Gasteiger partial charge in [0, 0.05) is 95.8 Å². The van der Waals surface area contributed by atoms with Crippen LogP contribution in [0.15, 0.2) is 316 Å². The summed E-state index contributed by atoms with van der Waals surface area (Å²) in [5.74, 6) is 3.82. The fourth-order valence-corrected chi connectivity index (χ4v) is 13.3. The fourth-order valence-electron chi connectivity index (χ4n) is 13.1. The first-order valence-electron chi connectivity index (χ1n) is 32.1. The molecule has 0 saturated heterocycles. The van der Waals surface area contributed by atoms with E-state index >= 15 is 0 Å². The van der Waals surface area contributed by atoms with E-state index in [1.54, 1.807) is 6.07 Å². The van der Waals surface area contributed by atoms with E-state index in [0.29, 0.717) is 45.7 Å². The third-order valence-electron chi connectivity index (χ3n) is 17.7. The van der Waals surface area contributed by atoms with Crippen LogP contribution in [0.1, 0.15) is 22.3 Å². The molecule has 5 aromatic heterocycles. The van der Waals surface area contributed by atoms with Crippen molar-refractivity contribution in [3.8, 4) is 96.5 Å². The van der Waals surface area contributed by atoms with Gasteiger partial charge in [-0.15, -0.1) is 0 Å². The van der Waals surface area contributed by atoms with Crippen LogP contribution in [-0.2, 0) is 12.6 Å². The highest BCUT2D eigenvalue weighted by molar-refractivity contribution is 6.30. The van der Waals surface area contributed by atoms with Gasteiger partial charge in [-0.25, -0.2) is 29.9 Å². The van der Waals surface area contributed by atoms with Crippen molar-refractivity contribution in [3.63, 3.8) is 0 Å². The van der Waals surface area contributed by atoms with Gasteiger partial charge in [-0.2, -0.15) is 13.2 Å². The molecule has 0 amide bonds. The number of hydrogen-bond donors (Lipinski definition) is 0. The lowest BCUT2D eigenvalue weighted by atomic mass is 10.0. The second kappa shape index (κ2) is 25.7. The highest BCUT2D eigenvalue weighted by Crippen LogP contribution is 2.43. The molecule has 470 valence electrons. The molecule has 9 nitrogen and oxygen atoms in total. The molecule has 17 aromatic rings. The van der Waals surface area contributed by atoms with Gasteiger partial charge in [0.25, 0.3) is 0 Å². The van der Waals surface area contributed by atoms with E-state index in [2.05, 4.69) is 146 Å². The Bertz CT molecular complexity index is 5690. The molecule has 0 atom stereocenters. The SMILES string of the molecule is Cc1cccc(-n2ccc3ccc4c5ccccc5n(-c5cccc(-c6nc(-c7ccccc7)nc(-c7ccccc7)n6)c5)c4c32)c1.Clc1cccc(-c2nc(-c3ccccc3)nc(-c3ccccc3)n2)c1.FC(F)(F)c1cccc(-n2ccc3ccc4c(c32)Cc2ccccc2-4)c1. The lowest BCUT2D eigenvalue weighted by Crippen LogP contribution is -2.06. The minimum Gasteiger partial charge on any atom is -0.316 e. The summed E-state index contributed by atoms with van der Waals surface area (Å²) in [6, 6.07) is 100.0. The molecule has 5 heterocycles. The van der Waals surface area contributed by atoms with Crippen molar-refractivity contribution in [2.45, 2.75) is 19.5 Å². The van der Waals surface area contributed by atoms with Crippen LogP contribution in [0, 0.1) is 6.92 Å². The van der Waals surface area contributed by atoms with Crippen LogP contribution < -0.4 is 0 Å². The number of benzene rings is 12. The normalized spacial score (nSPS) is 11.7. The Morgan fingerprint density at radius 2 is 0.806 bits per heavy atom. The third kappa shape index (κ3) is 11.8. The molecule has 0 fully saturated rings. The Labute approximate surface area is 567 Å². The predicted molar refractivity (Wildman–Crippen MR) is 390 cm³/mol. The predicted octanol–water partition coefficient (Wildman–Crippen LogP) is 22.0. The van der Waals surface area contributed by atoms with Crippen molar-refractivity contribution < 1.29 is 13.2 Å². The summed E-state index contributed by atoms with van der Waals surface area (Å²) >= 11 is 6.14. The van der Waals surface area contributed by atoms with Gasteiger partial charge in [0.05, 0.1) is 27.6 Å². The van der Waals surface area contributed by atoms with Crippen molar-refractivity contribution in [2.75, 3.05) is 0 Å². The van der Waals surface area contributed by atoms with E-state index in [9.17, 15) is 13.2 Å². The number of nitrogens with zero attached hydrogens (tertiary/aromatic N) is 9. The van der Waals surface area contributed by atoms with E-state index in [-0.39, 0.29) is 0 Å². The van der Waals surface area contributed by atoms with Gasteiger partial charge in [-0.1, -0.05) is 242 Å². The number of aryl methyl sites for hydroxylation is 1. The second-order valence-electron chi connectivity index (χ2n) is 24.0. The average molecular weight is 1300 g/mol. The Hall–Kier alpha value is -12.4. The van der Waals surface area contributed by atoms with Gasteiger partial charge in [-0.05, 0) is 108 Å². The summed E-state index contributed by atoms with van der Waals surface area (Å²) in [7, 11) is 0. The standard InChI is InChI=1S/C42H29N5.C22H14F3N.C21H14ClN3/c1-28-12-10-18-33(26-28)46-25-24-29-22-23-36-35-20-8-9-21-37(35)47(39(36)38(29)46)34-19-11-17-32(27-34)42-44-40(30-13-4-2-5-14-30)43-41(45-42)31-15-6-3-7-16-31;23-22(24,25)16-5-3-6-17(13-16)26-11-10-14-8-9-19-18-7-2-1-4-15(18)12-20(19)21(14)26;22-18-13-7-12-17(14-18)21-24-19(15-8-3-1-4-9-15)23-20(25-21)16-10-5-2-6-11-16/h2-27H,1H3;1-11,13H,12H2;1-14H. The lowest BCUT2D eigenvalue weighted by molar-refractivity contribution is -0.137. The first-order chi connectivity index (χ1) is 48.0. The molecule has 0 N–H and O–H groups in total. The average Bonchev–Trinajstić information content (AvgIpc) is 1.56. The Morgan fingerprint density at radius 3 is 1.39 bits per heavy atom. The molecule has 0 bridgehead atoms. The van der Waals surface area contributed by atoms with Crippen LogP contribution >= 0.6 is 11.6 Å². The minimum absolute atomic E-state index is 0.527. The molecule has 18 rings (SSSR count). The number of alkyl halides is 3. The van der Waals surface area contributed by atoms with E-state index in [4.69, 9.17) is 26.6 Å². The molecule has 1 aliphatic carbocycles. The zero-order chi connectivity index (χ0) is 66.3. The molecule has 0 spiro atoms. The topological polar surface area (TPSA) is 92.1 Å². The van der Waals surface area contributed by atoms with E-state index in [0.717, 1.165) is 79.2 Å². The quantitative estimate of drug-likeness (QED) is 0.143. The Kier molecular flexibility index (Phi) is 15.9. The van der Waals surface area contributed by atoms with Crippen molar-refractivity contribution in [3.05, 3.63) is 343 Å². The van der Waals surface area contributed by atoms with Crippen LogP contribution in [0.3, 0.4) is 0 Å². The van der Waals surface area contributed by atoms with Crippen molar-refractivity contribution in [2.24, 2.45) is 0 Å². The van der Waals surface area contributed by atoms with Crippen LogP contribution in [0.4, 0.5) is 13.2 Å². The minimum atomic E-state index is -4.35.